The molecule has 0 aliphatic rings. The zero-order valence-electron chi connectivity index (χ0n) is 11.0. The van der Waals surface area contributed by atoms with Crippen LogP contribution in [0.5, 0.6) is 0 Å². The van der Waals surface area contributed by atoms with E-state index in [1.54, 1.807) is 41.3 Å². The van der Waals surface area contributed by atoms with Crippen molar-refractivity contribution in [1.29, 1.82) is 0 Å². The number of rotatable bonds is 3. The van der Waals surface area contributed by atoms with Crippen molar-refractivity contribution in [3.63, 3.8) is 0 Å². The molecule has 3 rings (SSSR count). The fraction of sp³-hybridized carbons (Fsp3) is 0.0714. The van der Waals surface area contributed by atoms with Crippen LogP contribution in [0.1, 0.15) is 10.5 Å². The first kappa shape index (κ1) is 14.5. The molecule has 0 atom stereocenters. The predicted molar refractivity (Wildman–Crippen MR) is 91.3 cm³/mol. The number of thioether (sulfide) groups is 1. The van der Waals surface area contributed by atoms with Crippen LogP contribution in [0.4, 0.5) is 5.69 Å². The topological polar surface area (TPSA) is 54.9 Å². The number of benzene rings is 1. The lowest BCUT2D eigenvalue weighted by atomic mass is 10.2. The summed E-state index contributed by atoms with van der Waals surface area (Å²) in [5.74, 6) is -0.231. The molecule has 0 aliphatic heterocycles. The quantitative estimate of drug-likeness (QED) is 0.540. The number of thiazole rings is 1. The molecule has 106 valence electrons. The molecule has 0 aliphatic carbocycles. The molecule has 0 saturated carbocycles. The number of carbonyl (C=O) groups excluding carboxylic acids is 1. The number of pyridine rings is 1. The van der Waals surface area contributed by atoms with Gasteiger partial charge in [0.1, 0.15) is 10.3 Å². The summed E-state index contributed by atoms with van der Waals surface area (Å²) in [5.41, 5.74) is 2.06. The number of fused-ring (bicyclic) bond motifs is 1. The maximum atomic E-state index is 12.2. The van der Waals surface area contributed by atoms with E-state index in [2.05, 4.69) is 31.2 Å². The molecule has 0 unspecified atom stereocenters. The first-order chi connectivity index (χ1) is 10.2. The second kappa shape index (κ2) is 6.13. The first-order valence-electron chi connectivity index (χ1n) is 6.04. The van der Waals surface area contributed by atoms with Gasteiger partial charge in [-0.1, -0.05) is 17.8 Å². The lowest BCUT2D eigenvalue weighted by Gasteiger charge is -2.04. The second-order valence-corrected chi connectivity index (χ2v) is 7.06. The average molecular weight is 380 g/mol. The summed E-state index contributed by atoms with van der Waals surface area (Å²) in [5, 5.41) is 2.85. The maximum absolute atomic E-state index is 12.2. The van der Waals surface area contributed by atoms with Crippen molar-refractivity contribution in [3.05, 3.63) is 46.7 Å². The van der Waals surface area contributed by atoms with Crippen LogP contribution in [0, 0.1) is 0 Å². The van der Waals surface area contributed by atoms with Crippen LogP contribution in [-0.4, -0.2) is 22.1 Å². The van der Waals surface area contributed by atoms with Gasteiger partial charge >= 0.3 is 0 Å². The van der Waals surface area contributed by atoms with Crippen LogP contribution in [0.3, 0.4) is 0 Å². The summed E-state index contributed by atoms with van der Waals surface area (Å²) < 4.78 is 2.71. The fourth-order valence-electron chi connectivity index (χ4n) is 1.80. The van der Waals surface area contributed by atoms with Crippen molar-refractivity contribution in [3.8, 4) is 0 Å². The average Bonchev–Trinajstić information content (AvgIpc) is 2.89. The van der Waals surface area contributed by atoms with Gasteiger partial charge in [0.2, 0.25) is 0 Å². The fourth-order valence-corrected chi connectivity index (χ4v) is 3.67. The Bertz CT molecular complexity index is 819. The summed E-state index contributed by atoms with van der Waals surface area (Å²) in [6, 6.07) is 10.9. The van der Waals surface area contributed by atoms with Gasteiger partial charge in [0.25, 0.3) is 5.91 Å². The Labute approximate surface area is 138 Å². The Morgan fingerprint density at radius 3 is 2.90 bits per heavy atom. The van der Waals surface area contributed by atoms with E-state index in [-0.39, 0.29) is 5.91 Å². The second-order valence-electron chi connectivity index (χ2n) is 4.17. The largest absolute Gasteiger partial charge is 0.321 e. The van der Waals surface area contributed by atoms with Gasteiger partial charge in [-0.15, -0.1) is 11.3 Å². The molecule has 0 fully saturated rings. The molecule has 0 saturated heterocycles. The summed E-state index contributed by atoms with van der Waals surface area (Å²) in [7, 11) is 0. The van der Waals surface area contributed by atoms with E-state index in [1.165, 1.54) is 0 Å². The number of amides is 1. The first-order valence-corrected chi connectivity index (χ1v) is 8.87. The normalized spacial score (nSPS) is 10.8. The van der Waals surface area contributed by atoms with Crippen LogP contribution in [0.25, 0.3) is 10.2 Å². The van der Waals surface area contributed by atoms with E-state index in [0.29, 0.717) is 10.3 Å². The van der Waals surface area contributed by atoms with Crippen molar-refractivity contribution in [2.45, 2.75) is 4.34 Å². The zero-order chi connectivity index (χ0) is 14.8. The van der Waals surface area contributed by atoms with Gasteiger partial charge in [0, 0.05) is 5.69 Å². The predicted octanol–water partition coefficient (Wildman–Crippen LogP) is 4.43. The molecule has 0 radical (unpaired) electrons. The highest BCUT2D eigenvalue weighted by Gasteiger charge is 2.09. The molecule has 4 nitrogen and oxygen atoms in total. The van der Waals surface area contributed by atoms with E-state index in [1.807, 2.05) is 24.5 Å². The molecular formula is C14H10BrN3OS2. The number of carbonyl (C=O) groups is 1. The molecule has 0 bridgehead atoms. The van der Waals surface area contributed by atoms with Gasteiger partial charge in [-0.2, -0.15) is 0 Å². The highest BCUT2D eigenvalue weighted by molar-refractivity contribution is 9.10. The summed E-state index contributed by atoms with van der Waals surface area (Å²) in [4.78, 5) is 20.8. The van der Waals surface area contributed by atoms with Crippen molar-refractivity contribution in [2.75, 3.05) is 11.6 Å². The Balaban J connectivity index is 1.85. The van der Waals surface area contributed by atoms with Crippen molar-refractivity contribution >= 4 is 60.8 Å². The molecule has 1 aromatic carbocycles. The van der Waals surface area contributed by atoms with Crippen molar-refractivity contribution in [1.82, 2.24) is 9.97 Å². The van der Waals surface area contributed by atoms with Gasteiger partial charge in [-0.25, -0.2) is 9.97 Å². The lowest BCUT2D eigenvalue weighted by Crippen LogP contribution is -2.13. The number of nitrogens with zero attached hydrogens (tertiary/aromatic N) is 2. The van der Waals surface area contributed by atoms with Crippen LogP contribution in [0.15, 0.2) is 45.3 Å². The zero-order valence-corrected chi connectivity index (χ0v) is 14.2. The highest BCUT2D eigenvalue weighted by Crippen LogP contribution is 2.30. The minimum absolute atomic E-state index is 0.231. The number of nitrogens with one attached hydrogen (secondary N) is 1. The number of halogens is 1. The van der Waals surface area contributed by atoms with E-state index >= 15 is 0 Å². The Morgan fingerprint density at radius 2 is 2.14 bits per heavy atom. The van der Waals surface area contributed by atoms with Crippen molar-refractivity contribution in [2.24, 2.45) is 0 Å². The van der Waals surface area contributed by atoms with E-state index in [9.17, 15) is 4.79 Å². The van der Waals surface area contributed by atoms with Crippen LogP contribution in [-0.2, 0) is 0 Å². The van der Waals surface area contributed by atoms with E-state index in [4.69, 9.17) is 0 Å². The highest BCUT2D eigenvalue weighted by atomic mass is 79.9. The molecule has 2 aromatic heterocycles. The summed E-state index contributed by atoms with van der Waals surface area (Å²) >= 11 is 6.49. The maximum Gasteiger partial charge on any atom is 0.274 e. The minimum Gasteiger partial charge on any atom is -0.321 e. The molecule has 2 heterocycles. The molecule has 1 amide bonds. The van der Waals surface area contributed by atoms with Crippen molar-refractivity contribution < 1.29 is 4.79 Å². The van der Waals surface area contributed by atoms with Gasteiger partial charge in [0.05, 0.1) is 10.2 Å². The molecule has 7 heteroatoms. The SMILES string of the molecule is CSc1nc2ccc(NC(=O)c3cccc(Br)n3)cc2s1. The van der Waals surface area contributed by atoms with E-state index < -0.39 is 0 Å². The minimum atomic E-state index is -0.231. The molecule has 21 heavy (non-hydrogen) atoms. The lowest BCUT2D eigenvalue weighted by molar-refractivity contribution is 0.102. The molecule has 0 spiro atoms. The van der Waals surface area contributed by atoms with Gasteiger partial charge < -0.3 is 5.32 Å². The third-order valence-electron chi connectivity index (χ3n) is 2.75. The molecule has 3 aromatic rings. The van der Waals surface area contributed by atoms with E-state index in [0.717, 1.165) is 20.2 Å². The van der Waals surface area contributed by atoms with Gasteiger partial charge in [-0.05, 0) is 52.5 Å². The smallest absolute Gasteiger partial charge is 0.274 e. The standard InChI is InChI=1S/C14H10BrN3OS2/c1-20-14-18-9-6-5-8(7-11(9)21-14)16-13(19)10-3-2-4-12(15)17-10/h2-7H,1H3,(H,16,19). The molecule has 1 N–H and O–H groups in total. The van der Waals surface area contributed by atoms with Crippen LogP contribution < -0.4 is 5.32 Å². The van der Waals surface area contributed by atoms with Crippen LogP contribution >= 0.6 is 39.0 Å². The third kappa shape index (κ3) is 3.25. The summed E-state index contributed by atoms with van der Waals surface area (Å²) in [6.45, 7) is 0. The number of aromatic nitrogens is 2. The Kier molecular flexibility index (Phi) is 4.23. The summed E-state index contributed by atoms with van der Waals surface area (Å²) in [6.07, 6.45) is 2.00. The van der Waals surface area contributed by atoms with Gasteiger partial charge in [-0.3, -0.25) is 4.79 Å². The number of hydrogen-bond acceptors (Lipinski definition) is 5. The third-order valence-corrected chi connectivity index (χ3v) is 5.19. The number of hydrogen-bond donors (Lipinski definition) is 1. The Hall–Kier alpha value is -1.44. The molecular weight excluding hydrogens is 370 g/mol. The monoisotopic (exact) mass is 379 g/mol. The van der Waals surface area contributed by atoms with Gasteiger partial charge in [0.15, 0.2) is 4.34 Å². The number of anilines is 1. The Morgan fingerprint density at radius 1 is 1.29 bits per heavy atom. The van der Waals surface area contributed by atoms with Crippen LogP contribution in [0.2, 0.25) is 0 Å².